The van der Waals surface area contributed by atoms with Crippen molar-refractivity contribution in [2.75, 3.05) is 0 Å². The fourth-order valence-corrected chi connectivity index (χ4v) is 8.12. The quantitative estimate of drug-likeness (QED) is 0.149. The van der Waals surface area contributed by atoms with Crippen LogP contribution >= 0.6 is 0 Å². The monoisotopic (exact) mass is 802 g/mol. The molecule has 0 atom stereocenters. The second-order valence-electron chi connectivity index (χ2n) is 14.9. The van der Waals surface area contributed by atoms with Crippen molar-refractivity contribution in [2.45, 2.75) is 0 Å². The second kappa shape index (κ2) is 15.9. The van der Waals surface area contributed by atoms with E-state index in [9.17, 15) is 10.5 Å². The van der Waals surface area contributed by atoms with E-state index in [1.807, 2.05) is 140 Å². The minimum Gasteiger partial charge on any atom is -0.308 e. The zero-order chi connectivity index (χ0) is 42.9. The third kappa shape index (κ3) is 6.99. The Bertz CT molecular complexity index is 3410. The van der Waals surface area contributed by atoms with Gasteiger partial charge in [-0.1, -0.05) is 121 Å². The molecule has 0 bridgehead atoms. The number of rotatable bonds is 7. The van der Waals surface area contributed by atoms with E-state index in [1.54, 1.807) is 6.07 Å². The van der Waals surface area contributed by atoms with Crippen molar-refractivity contribution in [1.82, 2.24) is 19.5 Å². The Morgan fingerprint density at radius 3 is 1.51 bits per heavy atom. The smallest absolute Gasteiger partial charge is 0.189 e. The Hall–Kier alpha value is -9.47. The fraction of sp³-hybridized carbons (Fsp3) is 0. The molecule has 10 aromatic rings. The Morgan fingerprint density at radius 2 is 0.921 bits per heavy atom. The first-order chi connectivity index (χ1) is 31.0. The molecule has 2 aromatic heterocycles. The summed E-state index contributed by atoms with van der Waals surface area (Å²) in [6.45, 7) is 15.4. The van der Waals surface area contributed by atoms with Gasteiger partial charge in [0.2, 0.25) is 0 Å². The first kappa shape index (κ1) is 37.8. The highest BCUT2D eigenvalue weighted by Gasteiger charge is 2.24. The van der Waals surface area contributed by atoms with Gasteiger partial charge in [0.15, 0.2) is 28.8 Å². The molecule has 0 saturated carbocycles. The van der Waals surface area contributed by atoms with Crippen LogP contribution in [0.25, 0.3) is 105 Å². The molecule has 290 valence electrons. The van der Waals surface area contributed by atoms with Gasteiger partial charge in [-0.15, -0.1) is 0 Å². The topological polar surface area (TPSA) is 99.9 Å². The summed E-state index contributed by atoms with van der Waals surface area (Å²) in [6, 6.07) is 63.4. The maximum absolute atomic E-state index is 9.84. The average molecular weight is 803 g/mol. The minimum absolute atomic E-state index is 0.401. The number of aromatic nitrogens is 4. The van der Waals surface area contributed by atoms with Gasteiger partial charge in [-0.05, 0) is 82.9 Å². The largest absolute Gasteiger partial charge is 0.308 e. The van der Waals surface area contributed by atoms with Gasteiger partial charge >= 0.3 is 0 Å². The molecule has 0 fully saturated rings. The summed E-state index contributed by atoms with van der Waals surface area (Å²) in [5.74, 6) is 1.55. The van der Waals surface area contributed by atoms with E-state index < -0.39 is 0 Å². The summed E-state index contributed by atoms with van der Waals surface area (Å²) < 4.78 is 2.28. The molecule has 0 radical (unpaired) electrons. The molecular weight excluding hydrogens is 773 g/mol. The minimum atomic E-state index is 0.401. The summed E-state index contributed by atoms with van der Waals surface area (Å²) in [5.41, 5.74) is 12.2. The summed E-state index contributed by atoms with van der Waals surface area (Å²) in [5, 5.41) is 21.6. The van der Waals surface area contributed by atoms with E-state index in [0.29, 0.717) is 40.0 Å². The third-order valence-electron chi connectivity index (χ3n) is 11.1. The van der Waals surface area contributed by atoms with Crippen LogP contribution in [-0.2, 0) is 0 Å². The van der Waals surface area contributed by atoms with Crippen LogP contribution in [0.4, 0.5) is 11.4 Å². The molecule has 8 nitrogen and oxygen atoms in total. The predicted octanol–water partition coefficient (Wildman–Crippen LogP) is 13.8. The lowest BCUT2D eigenvalue weighted by Gasteiger charge is -2.21. The predicted molar refractivity (Wildman–Crippen MR) is 249 cm³/mol. The van der Waals surface area contributed by atoms with E-state index in [0.717, 1.165) is 77.6 Å². The van der Waals surface area contributed by atoms with E-state index >= 15 is 0 Å². The number of hydrogen-bond donors (Lipinski definition) is 0. The molecule has 0 N–H and O–H groups in total. The van der Waals surface area contributed by atoms with Crippen LogP contribution in [0.5, 0.6) is 0 Å². The van der Waals surface area contributed by atoms with E-state index in [2.05, 4.69) is 62.8 Å². The Kier molecular flexibility index (Phi) is 9.56. The van der Waals surface area contributed by atoms with Gasteiger partial charge in [-0.3, -0.25) is 0 Å². The van der Waals surface area contributed by atoms with Crippen molar-refractivity contribution < 1.29 is 0 Å². The molecule has 0 spiro atoms. The highest BCUT2D eigenvalue weighted by atomic mass is 15.0. The average Bonchev–Trinajstić information content (AvgIpc) is 3.69. The molecule has 63 heavy (non-hydrogen) atoms. The Balaban J connectivity index is 1.31. The van der Waals surface area contributed by atoms with Crippen LogP contribution in [-0.4, -0.2) is 19.5 Å². The third-order valence-corrected chi connectivity index (χ3v) is 11.1. The molecule has 0 amide bonds. The zero-order valence-electron chi connectivity index (χ0n) is 33.4. The van der Waals surface area contributed by atoms with Gasteiger partial charge in [0.1, 0.15) is 0 Å². The summed E-state index contributed by atoms with van der Waals surface area (Å²) in [6.07, 6.45) is 0. The maximum Gasteiger partial charge on any atom is 0.189 e. The van der Waals surface area contributed by atoms with Gasteiger partial charge in [-0.2, -0.15) is 10.5 Å². The van der Waals surface area contributed by atoms with Gasteiger partial charge < -0.3 is 4.57 Å². The van der Waals surface area contributed by atoms with Crippen molar-refractivity contribution >= 4 is 33.2 Å². The fourth-order valence-electron chi connectivity index (χ4n) is 8.12. The molecule has 10 rings (SSSR count). The van der Waals surface area contributed by atoms with Gasteiger partial charge in [0, 0.05) is 44.2 Å². The molecule has 0 aliphatic heterocycles. The summed E-state index contributed by atoms with van der Waals surface area (Å²) in [4.78, 5) is 22.5. The Labute approximate surface area is 363 Å². The number of hydrogen-bond acceptors (Lipinski definition) is 5. The van der Waals surface area contributed by atoms with Gasteiger partial charge in [0.25, 0.3) is 0 Å². The van der Waals surface area contributed by atoms with Crippen molar-refractivity contribution in [3.05, 3.63) is 216 Å². The molecule has 8 aromatic carbocycles. The number of fused-ring (bicyclic) bond motifs is 3. The molecule has 0 unspecified atom stereocenters. The molecule has 0 aliphatic carbocycles. The molecular formula is C55H30N8. The van der Waals surface area contributed by atoms with Crippen LogP contribution in [0.3, 0.4) is 0 Å². The van der Waals surface area contributed by atoms with Crippen molar-refractivity contribution in [3.63, 3.8) is 0 Å². The Morgan fingerprint density at radius 1 is 0.397 bits per heavy atom. The van der Waals surface area contributed by atoms with Crippen LogP contribution in [0, 0.1) is 35.8 Å². The number of nitrogens with zero attached hydrogens (tertiary/aromatic N) is 8. The van der Waals surface area contributed by atoms with Crippen LogP contribution in [0.2, 0.25) is 0 Å². The first-order valence-electron chi connectivity index (χ1n) is 20.0. The van der Waals surface area contributed by atoms with Crippen molar-refractivity contribution in [3.8, 4) is 85.4 Å². The van der Waals surface area contributed by atoms with E-state index in [-0.39, 0.29) is 0 Å². The van der Waals surface area contributed by atoms with Crippen LogP contribution < -0.4 is 0 Å². The molecule has 0 saturated heterocycles. The number of para-hydroxylation sites is 1. The van der Waals surface area contributed by atoms with E-state index in [4.69, 9.17) is 28.1 Å². The van der Waals surface area contributed by atoms with Crippen LogP contribution in [0.15, 0.2) is 182 Å². The number of nitriles is 2. The van der Waals surface area contributed by atoms with Crippen LogP contribution in [0.1, 0.15) is 11.1 Å². The van der Waals surface area contributed by atoms with Crippen molar-refractivity contribution in [1.29, 1.82) is 10.5 Å². The lowest BCUT2D eigenvalue weighted by atomic mass is 9.92. The normalized spacial score (nSPS) is 10.8. The van der Waals surface area contributed by atoms with Crippen molar-refractivity contribution in [2.24, 2.45) is 0 Å². The highest BCUT2D eigenvalue weighted by molar-refractivity contribution is 6.12. The summed E-state index contributed by atoms with van der Waals surface area (Å²) in [7, 11) is 0. The second-order valence-corrected chi connectivity index (χ2v) is 14.9. The standard InChI is InChI=1S/C55H30N8/c1-58-44-24-21-38(22-25-44)48-32-43(55-61-53(39-11-5-3-6-12-39)60-54(62-55)40-13-7-4-8-14-40)31-47(37-19-17-35(33-56)18-20-37)52(48)63-50-16-10-9-15-46(50)49-30-41(23-26-51(49)63)42-27-36(34-57)28-45(29-42)59-2/h3-32H. The molecule has 0 aliphatic rings. The maximum atomic E-state index is 9.84. The SMILES string of the molecule is [C-]#[N+]c1ccc(-c2cc(-c3nc(-c4ccccc4)nc(-c4ccccc4)n3)cc(-c3ccc(C#N)cc3)c2-n2c3ccccc3c3cc(-c4cc(C#N)cc([N+]#[C-])c4)ccc32)cc1. The lowest BCUT2D eigenvalue weighted by molar-refractivity contribution is 1.07. The highest BCUT2D eigenvalue weighted by Crippen LogP contribution is 2.45. The molecule has 2 heterocycles. The lowest BCUT2D eigenvalue weighted by Crippen LogP contribution is -2.04. The first-order valence-corrected chi connectivity index (χ1v) is 20.0. The van der Waals surface area contributed by atoms with Gasteiger partial charge in [0.05, 0.1) is 47.6 Å². The summed E-state index contributed by atoms with van der Waals surface area (Å²) >= 11 is 0. The molecule has 8 heteroatoms. The zero-order valence-corrected chi connectivity index (χ0v) is 33.4. The van der Waals surface area contributed by atoms with Gasteiger partial charge in [-0.25, -0.2) is 24.6 Å². The van der Waals surface area contributed by atoms with E-state index in [1.165, 1.54) is 0 Å². The number of benzene rings is 8.